The molecule has 0 saturated carbocycles. The van der Waals surface area contributed by atoms with Gasteiger partial charge < -0.3 is 4.74 Å². The fraction of sp³-hybridized carbons (Fsp3) is 0.0833. The molecular formula is C24H19FN2O4S2. The van der Waals surface area contributed by atoms with Crippen LogP contribution < -0.4 is 9.04 Å². The summed E-state index contributed by atoms with van der Waals surface area (Å²) in [6.45, 7) is 0. The third-order valence-electron chi connectivity index (χ3n) is 4.80. The zero-order chi connectivity index (χ0) is 23.4. The first-order valence-electron chi connectivity index (χ1n) is 9.88. The van der Waals surface area contributed by atoms with Gasteiger partial charge in [-0.05, 0) is 60.7 Å². The van der Waals surface area contributed by atoms with Crippen LogP contribution in [-0.4, -0.2) is 26.4 Å². The number of hydrogen-bond donors (Lipinski definition) is 0. The molecule has 6 nitrogen and oxygen atoms in total. The van der Waals surface area contributed by atoms with E-state index in [0.29, 0.717) is 22.1 Å². The molecule has 1 aromatic heterocycles. The Morgan fingerprint density at radius 3 is 2.33 bits per heavy atom. The van der Waals surface area contributed by atoms with Gasteiger partial charge in [0.05, 0.1) is 22.7 Å². The number of aromatic nitrogens is 1. The summed E-state index contributed by atoms with van der Waals surface area (Å²) in [6.07, 6.45) is -0.0261. The van der Waals surface area contributed by atoms with Crippen molar-refractivity contribution < 1.29 is 22.3 Å². The van der Waals surface area contributed by atoms with Gasteiger partial charge in [-0.3, -0.25) is 9.10 Å². The number of carbonyl (C=O) groups excluding carboxylic acids is 1. The van der Waals surface area contributed by atoms with Crippen LogP contribution in [0.4, 0.5) is 10.1 Å². The van der Waals surface area contributed by atoms with Crippen molar-refractivity contribution in [3.05, 3.63) is 95.8 Å². The van der Waals surface area contributed by atoms with Crippen LogP contribution in [0.15, 0.2) is 89.1 Å². The quantitative estimate of drug-likeness (QED) is 0.276. The minimum atomic E-state index is -3.69. The predicted octanol–water partition coefficient (Wildman–Crippen LogP) is 4.92. The summed E-state index contributed by atoms with van der Waals surface area (Å²) in [6, 6.07) is 20.3. The lowest BCUT2D eigenvalue weighted by atomic mass is 10.2. The van der Waals surface area contributed by atoms with Gasteiger partial charge in [0.1, 0.15) is 16.6 Å². The Kier molecular flexibility index (Phi) is 6.52. The van der Waals surface area contributed by atoms with Crippen molar-refractivity contribution >= 4 is 33.0 Å². The van der Waals surface area contributed by atoms with Crippen molar-refractivity contribution in [2.75, 3.05) is 11.4 Å². The average Bonchev–Trinajstić information content (AvgIpc) is 3.28. The molecule has 0 atom stereocenters. The van der Waals surface area contributed by atoms with Crippen molar-refractivity contribution in [1.29, 1.82) is 0 Å². The number of halogens is 1. The molecule has 0 aliphatic carbocycles. The van der Waals surface area contributed by atoms with E-state index in [1.165, 1.54) is 59.1 Å². The van der Waals surface area contributed by atoms with E-state index >= 15 is 0 Å². The molecule has 3 aromatic carbocycles. The highest BCUT2D eigenvalue weighted by Gasteiger charge is 2.21. The number of thiazole rings is 1. The van der Waals surface area contributed by atoms with Crippen molar-refractivity contribution in [2.45, 2.75) is 11.3 Å². The predicted molar refractivity (Wildman–Crippen MR) is 125 cm³/mol. The van der Waals surface area contributed by atoms with Crippen LogP contribution in [0.1, 0.15) is 5.69 Å². The molecule has 0 radical (unpaired) electrons. The number of carbonyl (C=O) groups is 1. The van der Waals surface area contributed by atoms with Crippen LogP contribution in [0.25, 0.3) is 10.6 Å². The first-order chi connectivity index (χ1) is 15.8. The largest absolute Gasteiger partial charge is 0.426 e. The van der Waals surface area contributed by atoms with Crippen LogP contribution in [0.5, 0.6) is 5.75 Å². The highest BCUT2D eigenvalue weighted by molar-refractivity contribution is 7.92. The van der Waals surface area contributed by atoms with E-state index in [-0.39, 0.29) is 17.1 Å². The molecule has 0 aliphatic rings. The zero-order valence-corrected chi connectivity index (χ0v) is 19.1. The summed E-state index contributed by atoms with van der Waals surface area (Å²) in [5, 5.41) is 2.44. The molecule has 0 saturated heterocycles. The summed E-state index contributed by atoms with van der Waals surface area (Å²) in [5.41, 5.74) is 1.75. The molecule has 33 heavy (non-hydrogen) atoms. The Morgan fingerprint density at radius 1 is 1.00 bits per heavy atom. The van der Waals surface area contributed by atoms with Gasteiger partial charge in [0, 0.05) is 18.0 Å². The topological polar surface area (TPSA) is 76.6 Å². The number of nitrogens with zero attached hydrogens (tertiary/aromatic N) is 2. The van der Waals surface area contributed by atoms with E-state index in [9.17, 15) is 17.6 Å². The van der Waals surface area contributed by atoms with Crippen molar-refractivity contribution in [2.24, 2.45) is 0 Å². The Bertz CT molecular complexity index is 1350. The lowest BCUT2D eigenvalue weighted by Gasteiger charge is -2.19. The van der Waals surface area contributed by atoms with Gasteiger partial charge in [-0.2, -0.15) is 0 Å². The third kappa shape index (κ3) is 5.27. The molecule has 0 spiro atoms. The molecule has 1 heterocycles. The van der Waals surface area contributed by atoms with Gasteiger partial charge in [-0.1, -0.05) is 18.2 Å². The van der Waals surface area contributed by atoms with Crippen LogP contribution >= 0.6 is 11.3 Å². The number of anilines is 1. The third-order valence-corrected chi connectivity index (χ3v) is 7.54. The number of esters is 1. The van der Waals surface area contributed by atoms with E-state index in [1.54, 1.807) is 47.8 Å². The maximum Gasteiger partial charge on any atom is 0.317 e. The molecule has 9 heteroatoms. The van der Waals surface area contributed by atoms with Gasteiger partial charge >= 0.3 is 5.97 Å². The zero-order valence-electron chi connectivity index (χ0n) is 17.5. The maximum atomic E-state index is 13.1. The molecule has 4 aromatic rings. The van der Waals surface area contributed by atoms with E-state index in [4.69, 9.17) is 4.74 Å². The lowest BCUT2D eigenvalue weighted by Crippen LogP contribution is -2.26. The van der Waals surface area contributed by atoms with Gasteiger partial charge in [0.15, 0.2) is 0 Å². The van der Waals surface area contributed by atoms with Crippen LogP contribution in [-0.2, 0) is 21.2 Å². The van der Waals surface area contributed by atoms with Crippen molar-refractivity contribution in [3.63, 3.8) is 0 Å². The fourth-order valence-electron chi connectivity index (χ4n) is 3.04. The molecule has 0 fully saturated rings. The second-order valence-electron chi connectivity index (χ2n) is 7.08. The normalized spacial score (nSPS) is 11.2. The minimum absolute atomic E-state index is 0.0261. The van der Waals surface area contributed by atoms with Gasteiger partial charge in [0.2, 0.25) is 0 Å². The maximum absolute atomic E-state index is 13.1. The summed E-state index contributed by atoms with van der Waals surface area (Å²) in [4.78, 5) is 16.9. The number of benzene rings is 3. The molecule has 0 bridgehead atoms. The van der Waals surface area contributed by atoms with E-state index in [2.05, 4.69) is 4.98 Å². The number of hydrogen-bond acceptors (Lipinski definition) is 6. The Balaban J connectivity index is 1.39. The average molecular weight is 483 g/mol. The van der Waals surface area contributed by atoms with Gasteiger partial charge in [0.25, 0.3) is 10.0 Å². The summed E-state index contributed by atoms with van der Waals surface area (Å²) < 4.78 is 45.1. The summed E-state index contributed by atoms with van der Waals surface area (Å²) >= 11 is 1.36. The Hall–Kier alpha value is -3.56. The van der Waals surface area contributed by atoms with Crippen LogP contribution in [0.2, 0.25) is 0 Å². The van der Waals surface area contributed by atoms with Crippen molar-refractivity contribution in [1.82, 2.24) is 4.98 Å². The van der Waals surface area contributed by atoms with Crippen molar-refractivity contribution in [3.8, 4) is 16.3 Å². The monoisotopic (exact) mass is 482 g/mol. The second kappa shape index (κ2) is 9.51. The number of ether oxygens (including phenoxy) is 1. The molecule has 0 aliphatic heterocycles. The SMILES string of the molecule is CN(c1ccc(OC(=O)Cc2csc(-c3ccc(F)cc3)n2)cc1)S(=O)(=O)c1ccccc1. The first-order valence-corrected chi connectivity index (χ1v) is 12.2. The molecule has 0 amide bonds. The Morgan fingerprint density at radius 2 is 1.67 bits per heavy atom. The van der Waals surface area contributed by atoms with E-state index in [1.807, 2.05) is 0 Å². The van der Waals surface area contributed by atoms with E-state index in [0.717, 1.165) is 5.56 Å². The standard InChI is InChI=1S/C24H19FN2O4S2/c1-27(33(29,30)22-5-3-2-4-6-22)20-11-13-21(14-12-20)31-23(28)15-19-16-32-24(26-19)17-7-9-18(25)10-8-17/h2-14,16H,15H2,1H3. The molecule has 0 unspecified atom stereocenters. The highest BCUT2D eigenvalue weighted by atomic mass is 32.2. The van der Waals surface area contributed by atoms with Crippen LogP contribution in [0.3, 0.4) is 0 Å². The highest BCUT2D eigenvalue weighted by Crippen LogP contribution is 2.26. The minimum Gasteiger partial charge on any atom is -0.426 e. The van der Waals surface area contributed by atoms with Crippen LogP contribution in [0, 0.1) is 5.82 Å². The molecule has 168 valence electrons. The number of rotatable bonds is 7. The molecular weight excluding hydrogens is 463 g/mol. The molecule has 0 N–H and O–H groups in total. The summed E-state index contributed by atoms with van der Waals surface area (Å²) in [5.74, 6) is -0.527. The second-order valence-corrected chi connectivity index (χ2v) is 9.91. The van der Waals surface area contributed by atoms with Gasteiger partial charge in [-0.25, -0.2) is 17.8 Å². The summed E-state index contributed by atoms with van der Waals surface area (Å²) in [7, 11) is -2.23. The molecule has 4 rings (SSSR count). The fourth-order valence-corrected chi connectivity index (χ4v) is 5.08. The Labute approximate surface area is 195 Å². The first kappa shape index (κ1) is 22.6. The van der Waals surface area contributed by atoms with Gasteiger partial charge in [-0.15, -0.1) is 11.3 Å². The number of sulfonamides is 1. The van der Waals surface area contributed by atoms with E-state index < -0.39 is 16.0 Å². The smallest absolute Gasteiger partial charge is 0.317 e. The lowest BCUT2D eigenvalue weighted by molar-refractivity contribution is -0.133.